The van der Waals surface area contributed by atoms with Crippen LogP contribution >= 0.6 is 0 Å². The molecule has 1 heterocycles. The van der Waals surface area contributed by atoms with Gasteiger partial charge in [-0.25, -0.2) is 10.2 Å². The fourth-order valence-corrected chi connectivity index (χ4v) is 1.86. The first-order valence-electron chi connectivity index (χ1n) is 7.12. The molecule has 0 spiro atoms. The molecule has 0 unspecified atom stereocenters. The number of hydrogen-bond acceptors (Lipinski definition) is 5. The van der Waals surface area contributed by atoms with Gasteiger partial charge in [-0.15, -0.1) is 0 Å². The highest BCUT2D eigenvalue weighted by atomic mass is 16.5. The van der Waals surface area contributed by atoms with Gasteiger partial charge in [0, 0.05) is 5.69 Å². The number of rotatable bonds is 5. The molecule has 2 aromatic rings. The lowest BCUT2D eigenvalue weighted by Gasteiger charge is -2.09. The Morgan fingerprint density at radius 1 is 1.39 bits per heavy atom. The van der Waals surface area contributed by atoms with Gasteiger partial charge in [-0.3, -0.25) is 4.79 Å². The summed E-state index contributed by atoms with van der Waals surface area (Å²) in [6.45, 7) is 5.55. The largest absolute Gasteiger partial charge is 0.491 e. The third-order valence-corrected chi connectivity index (χ3v) is 2.72. The van der Waals surface area contributed by atoms with Crippen molar-refractivity contribution < 1.29 is 9.53 Å². The zero-order valence-electron chi connectivity index (χ0n) is 13.2. The second-order valence-corrected chi connectivity index (χ2v) is 5.19. The monoisotopic (exact) mass is 314 g/mol. The molecule has 7 nitrogen and oxygen atoms in total. The highest BCUT2D eigenvalue weighted by Crippen LogP contribution is 2.13. The van der Waals surface area contributed by atoms with E-state index in [2.05, 4.69) is 20.5 Å². The van der Waals surface area contributed by atoms with E-state index in [1.54, 1.807) is 6.92 Å². The van der Waals surface area contributed by atoms with Crippen molar-refractivity contribution in [2.75, 3.05) is 0 Å². The number of amides is 1. The summed E-state index contributed by atoms with van der Waals surface area (Å²) in [5.41, 5.74) is 3.11. The Bertz CT molecular complexity index is 781. The smallest absolute Gasteiger partial charge is 0.345 e. The normalized spacial score (nSPS) is 11.0. The number of hydrogen-bond donors (Lipinski definition) is 2. The van der Waals surface area contributed by atoms with E-state index in [0.29, 0.717) is 5.69 Å². The first kappa shape index (κ1) is 16.4. The predicted molar refractivity (Wildman–Crippen MR) is 86.9 cm³/mol. The Labute approximate surface area is 133 Å². The van der Waals surface area contributed by atoms with Gasteiger partial charge in [-0.1, -0.05) is 12.1 Å². The van der Waals surface area contributed by atoms with Crippen molar-refractivity contribution in [3.63, 3.8) is 0 Å². The molecule has 23 heavy (non-hydrogen) atoms. The van der Waals surface area contributed by atoms with Crippen LogP contribution in [-0.4, -0.2) is 28.2 Å². The molecule has 1 aromatic carbocycles. The quantitative estimate of drug-likeness (QED) is 0.647. The number of carbonyl (C=O) groups excluding carboxylic acids is 1. The van der Waals surface area contributed by atoms with Crippen LogP contribution in [0, 0.1) is 6.92 Å². The topological polar surface area (TPSA) is 96.4 Å². The number of nitrogens with zero attached hydrogens (tertiary/aromatic N) is 2. The molecular formula is C16H18N4O3. The van der Waals surface area contributed by atoms with Crippen LogP contribution in [0.5, 0.6) is 5.75 Å². The van der Waals surface area contributed by atoms with Crippen LogP contribution in [-0.2, 0) is 0 Å². The van der Waals surface area contributed by atoms with Gasteiger partial charge in [0.1, 0.15) is 11.4 Å². The number of aryl methyl sites for hydroxylation is 1. The van der Waals surface area contributed by atoms with E-state index in [0.717, 1.165) is 11.3 Å². The first-order valence-corrected chi connectivity index (χ1v) is 7.12. The van der Waals surface area contributed by atoms with Gasteiger partial charge in [0.25, 0.3) is 5.91 Å². The van der Waals surface area contributed by atoms with Crippen LogP contribution in [0.4, 0.5) is 0 Å². The molecule has 2 rings (SSSR count). The summed E-state index contributed by atoms with van der Waals surface area (Å²) in [5.74, 6) is 0.173. The van der Waals surface area contributed by atoms with Crippen molar-refractivity contribution in [1.29, 1.82) is 0 Å². The van der Waals surface area contributed by atoms with E-state index in [4.69, 9.17) is 4.74 Å². The SMILES string of the molecule is Cc1cc(C(=O)N/N=C/c2cccc(OC(C)C)c2)nc(=O)[nH]1. The summed E-state index contributed by atoms with van der Waals surface area (Å²) in [5, 5.41) is 3.87. The van der Waals surface area contributed by atoms with Gasteiger partial charge in [0.05, 0.1) is 12.3 Å². The number of hydrazone groups is 1. The number of aromatic amines is 1. The van der Waals surface area contributed by atoms with Crippen molar-refractivity contribution in [3.8, 4) is 5.75 Å². The number of ether oxygens (including phenoxy) is 1. The Kier molecular flexibility index (Phi) is 5.24. The summed E-state index contributed by atoms with van der Waals surface area (Å²) < 4.78 is 5.58. The van der Waals surface area contributed by atoms with Crippen LogP contribution in [0.3, 0.4) is 0 Å². The molecule has 120 valence electrons. The molecule has 0 atom stereocenters. The van der Waals surface area contributed by atoms with Crippen molar-refractivity contribution in [1.82, 2.24) is 15.4 Å². The first-order chi connectivity index (χ1) is 10.9. The standard InChI is InChI=1S/C16H18N4O3/c1-10(2)23-13-6-4-5-12(8-13)9-17-20-15(21)14-7-11(3)18-16(22)19-14/h4-10H,1-3H3,(H,20,21)(H,18,19,22)/b17-9+. The fourth-order valence-electron chi connectivity index (χ4n) is 1.86. The molecule has 1 aromatic heterocycles. The molecule has 0 saturated heterocycles. The van der Waals surface area contributed by atoms with Gasteiger partial charge in [0.15, 0.2) is 0 Å². The number of nitrogens with one attached hydrogen (secondary N) is 2. The molecule has 7 heteroatoms. The van der Waals surface area contributed by atoms with E-state index < -0.39 is 11.6 Å². The molecule has 0 bridgehead atoms. The van der Waals surface area contributed by atoms with Crippen LogP contribution in [0.1, 0.15) is 35.6 Å². The zero-order chi connectivity index (χ0) is 16.8. The number of carbonyl (C=O) groups is 1. The van der Waals surface area contributed by atoms with E-state index >= 15 is 0 Å². The minimum atomic E-state index is -0.572. The summed E-state index contributed by atoms with van der Waals surface area (Å²) in [6.07, 6.45) is 1.57. The van der Waals surface area contributed by atoms with Crippen LogP contribution in [0.15, 0.2) is 40.2 Å². The maximum Gasteiger partial charge on any atom is 0.345 e. The van der Waals surface area contributed by atoms with E-state index in [1.165, 1.54) is 12.3 Å². The molecule has 0 fully saturated rings. The molecule has 0 saturated carbocycles. The average molecular weight is 314 g/mol. The van der Waals surface area contributed by atoms with E-state index in [-0.39, 0.29) is 11.8 Å². The summed E-state index contributed by atoms with van der Waals surface area (Å²) >= 11 is 0. The number of aromatic nitrogens is 2. The van der Waals surface area contributed by atoms with Gasteiger partial charge >= 0.3 is 5.69 Å². The Morgan fingerprint density at radius 2 is 2.17 bits per heavy atom. The Balaban J connectivity index is 2.03. The predicted octanol–water partition coefficient (Wildman–Crippen LogP) is 1.63. The second-order valence-electron chi connectivity index (χ2n) is 5.19. The van der Waals surface area contributed by atoms with Crippen molar-refractivity contribution in [2.24, 2.45) is 5.10 Å². The zero-order valence-corrected chi connectivity index (χ0v) is 13.2. The molecule has 0 radical (unpaired) electrons. The van der Waals surface area contributed by atoms with Gasteiger partial charge in [-0.05, 0) is 44.5 Å². The van der Waals surface area contributed by atoms with Gasteiger partial charge in [0.2, 0.25) is 0 Å². The maximum atomic E-state index is 11.9. The lowest BCUT2D eigenvalue weighted by Crippen LogP contribution is -2.24. The number of H-pyrrole nitrogens is 1. The third kappa shape index (κ3) is 5.06. The van der Waals surface area contributed by atoms with Crippen molar-refractivity contribution in [2.45, 2.75) is 26.9 Å². The Hall–Kier alpha value is -2.96. The molecule has 0 aliphatic heterocycles. The van der Waals surface area contributed by atoms with E-state index in [9.17, 15) is 9.59 Å². The van der Waals surface area contributed by atoms with Gasteiger partial charge in [-0.2, -0.15) is 10.1 Å². The molecule has 1 amide bonds. The fraction of sp³-hybridized carbons (Fsp3) is 0.250. The lowest BCUT2D eigenvalue weighted by molar-refractivity contribution is 0.0949. The average Bonchev–Trinajstić information content (AvgIpc) is 2.45. The molecule has 2 N–H and O–H groups in total. The molecular weight excluding hydrogens is 296 g/mol. The van der Waals surface area contributed by atoms with Crippen molar-refractivity contribution >= 4 is 12.1 Å². The molecule has 0 aliphatic carbocycles. The molecule has 0 aliphatic rings. The second kappa shape index (κ2) is 7.35. The third-order valence-electron chi connectivity index (χ3n) is 2.72. The van der Waals surface area contributed by atoms with Gasteiger partial charge < -0.3 is 9.72 Å². The minimum Gasteiger partial charge on any atom is -0.491 e. The lowest BCUT2D eigenvalue weighted by atomic mass is 10.2. The minimum absolute atomic E-state index is 0.0142. The summed E-state index contributed by atoms with van der Waals surface area (Å²) in [6, 6.07) is 8.80. The maximum absolute atomic E-state index is 11.9. The van der Waals surface area contributed by atoms with E-state index in [1.807, 2.05) is 38.1 Å². The van der Waals surface area contributed by atoms with Crippen molar-refractivity contribution in [3.05, 3.63) is 57.8 Å². The number of benzene rings is 1. The highest BCUT2D eigenvalue weighted by molar-refractivity contribution is 5.93. The highest BCUT2D eigenvalue weighted by Gasteiger charge is 2.07. The summed E-state index contributed by atoms with van der Waals surface area (Å²) in [4.78, 5) is 29.2. The Morgan fingerprint density at radius 3 is 2.87 bits per heavy atom. The van der Waals surface area contributed by atoms with Crippen LogP contribution < -0.4 is 15.9 Å². The van der Waals surface area contributed by atoms with Crippen LogP contribution in [0.2, 0.25) is 0 Å². The summed E-state index contributed by atoms with van der Waals surface area (Å²) in [7, 11) is 0. The van der Waals surface area contributed by atoms with Crippen LogP contribution in [0.25, 0.3) is 0 Å².